The van der Waals surface area contributed by atoms with Crippen LogP contribution in [0.15, 0.2) is 30.5 Å². The Morgan fingerprint density at radius 2 is 2.30 bits per heavy atom. The summed E-state index contributed by atoms with van der Waals surface area (Å²) in [6.07, 6.45) is 1.87. The van der Waals surface area contributed by atoms with Crippen molar-refractivity contribution in [3.05, 3.63) is 30.5 Å². The standard InChI is InChI=1S/C15H20N4O/c1-2-16-9-12-11-20-8-7-19(12)15-10-17-18-14-6-4-3-5-13(14)15/h3-6,10,12,16H,2,7-9,11H2,1H3. The van der Waals surface area contributed by atoms with Crippen LogP contribution in [0.25, 0.3) is 10.9 Å². The van der Waals surface area contributed by atoms with Gasteiger partial charge >= 0.3 is 0 Å². The molecule has 1 aromatic heterocycles. The zero-order valence-electron chi connectivity index (χ0n) is 11.7. The molecule has 0 aliphatic carbocycles. The van der Waals surface area contributed by atoms with E-state index in [0.29, 0.717) is 6.04 Å². The molecule has 2 heterocycles. The van der Waals surface area contributed by atoms with Gasteiger partial charge in [-0.15, -0.1) is 0 Å². The van der Waals surface area contributed by atoms with E-state index in [0.717, 1.165) is 49.4 Å². The molecule has 2 aromatic rings. The Bertz CT molecular complexity index is 569. The summed E-state index contributed by atoms with van der Waals surface area (Å²) in [7, 11) is 0. The van der Waals surface area contributed by atoms with Crippen molar-refractivity contribution in [3.8, 4) is 0 Å². The third-order valence-electron chi connectivity index (χ3n) is 3.69. The van der Waals surface area contributed by atoms with Crippen molar-refractivity contribution < 1.29 is 4.74 Å². The highest BCUT2D eigenvalue weighted by Gasteiger charge is 2.24. The minimum atomic E-state index is 0.344. The van der Waals surface area contributed by atoms with Crippen LogP contribution in [0.4, 0.5) is 5.69 Å². The number of likely N-dealkylation sites (N-methyl/N-ethyl adjacent to an activating group) is 1. The summed E-state index contributed by atoms with van der Waals surface area (Å²) in [5.74, 6) is 0. The zero-order chi connectivity index (χ0) is 13.8. The Hall–Kier alpha value is -1.72. The van der Waals surface area contributed by atoms with Gasteiger partial charge in [0.05, 0.1) is 36.7 Å². The predicted octanol–water partition coefficient (Wildman–Crippen LogP) is 1.44. The van der Waals surface area contributed by atoms with Crippen LogP contribution in [0, 0.1) is 0 Å². The van der Waals surface area contributed by atoms with Crippen molar-refractivity contribution in [3.63, 3.8) is 0 Å². The molecule has 0 radical (unpaired) electrons. The molecule has 1 aliphatic rings. The van der Waals surface area contributed by atoms with Gasteiger partial charge < -0.3 is 15.0 Å². The van der Waals surface area contributed by atoms with Crippen molar-refractivity contribution in [2.75, 3.05) is 37.7 Å². The van der Waals surface area contributed by atoms with Gasteiger partial charge in [-0.25, -0.2) is 0 Å². The lowest BCUT2D eigenvalue weighted by Crippen LogP contribution is -2.50. The number of nitrogens with zero attached hydrogens (tertiary/aromatic N) is 3. The molecule has 1 unspecified atom stereocenters. The van der Waals surface area contributed by atoms with Crippen LogP contribution >= 0.6 is 0 Å². The van der Waals surface area contributed by atoms with Gasteiger partial charge in [0.1, 0.15) is 0 Å². The minimum Gasteiger partial charge on any atom is -0.377 e. The summed E-state index contributed by atoms with van der Waals surface area (Å²) >= 11 is 0. The summed E-state index contributed by atoms with van der Waals surface area (Å²) in [5.41, 5.74) is 2.10. The number of morpholine rings is 1. The summed E-state index contributed by atoms with van der Waals surface area (Å²) < 4.78 is 5.63. The summed E-state index contributed by atoms with van der Waals surface area (Å²) in [6, 6.07) is 8.50. The van der Waals surface area contributed by atoms with Crippen LogP contribution in [-0.4, -0.2) is 49.1 Å². The van der Waals surface area contributed by atoms with E-state index in [2.05, 4.69) is 33.4 Å². The van der Waals surface area contributed by atoms with Crippen LogP contribution in [0.2, 0.25) is 0 Å². The molecule has 1 fully saturated rings. The largest absolute Gasteiger partial charge is 0.377 e. The quantitative estimate of drug-likeness (QED) is 0.913. The third kappa shape index (κ3) is 2.59. The fraction of sp³-hybridized carbons (Fsp3) is 0.467. The molecule has 20 heavy (non-hydrogen) atoms. The number of hydrogen-bond donors (Lipinski definition) is 1. The maximum atomic E-state index is 5.63. The molecular formula is C15H20N4O. The second kappa shape index (κ2) is 6.15. The van der Waals surface area contributed by atoms with E-state index in [4.69, 9.17) is 4.74 Å². The number of nitrogens with one attached hydrogen (secondary N) is 1. The molecule has 1 N–H and O–H groups in total. The number of anilines is 1. The first kappa shape index (κ1) is 13.3. The molecule has 1 saturated heterocycles. The first-order valence-corrected chi connectivity index (χ1v) is 7.15. The Balaban J connectivity index is 1.95. The lowest BCUT2D eigenvalue weighted by atomic mass is 10.1. The molecule has 0 spiro atoms. The maximum absolute atomic E-state index is 5.63. The Labute approximate surface area is 118 Å². The monoisotopic (exact) mass is 272 g/mol. The number of ether oxygens (including phenoxy) is 1. The Morgan fingerprint density at radius 3 is 3.20 bits per heavy atom. The molecule has 5 nitrogen and oxygen atoms in total. The fourth-order valence-electron chi connectivity index (χ4n) is 2.67. The van der Waals surface area contributed by atoms with E-state index in [-0.39, 0.29) is 0 Å². The number of hydrogen-bond acceptors (Lipinski definition) is 5. The van der Waals surface area contributed by atoms with Gasteiger partial charge in [0.2, 0.25) is 0 Å². The van der Waals surface area contributed by atoms with E-state index in [1.54, 1.807) is 0 Å². The van der Waals surface area contributed by atoms with Gasteiger partial charge in [-0.1, -0.05) is 25.1 Å². The van der Waals surface area contributed by atoms with Crippen LogP contribution in [0.3, 0.4) is 0 Å². The van der Waals surface area contributed by atoms with Crippen molar-refractivity contribution in [2.45, 2.75) is 13.0 Å². The number of benzene rings is 1. The van der Waals surface area contributed by atoms with Crippen LogP contribution in [-0.2, 0) is 4.74 Å². The Morgan fingerprint density at radius 1 is 1.40 bits per heavy atom. The summed E-state index contributed by atoms with van der Waals surface area (Å²) in [6.45, 7) is 6.43. The SMILES string of the molecule is CCNCC1COCCN1c1cnnc2ccccc12. The maximum Gasteiger partial charge on any atom is 0.0950 e. The molecule has 3 rings (SSSR count). The Kier molecular flexibility index (Phi) is 4.08. The van der Waals surface area contributed by atoms with Gasteiger partial charge in [-0.05, 0) is 12.6 Å². The molecular weight excluding hydrogens is 252 g/mol. The normalized spacial score (nSPS) is 19.4. The minimum absolute atomic E-state index is 0.344. The number of rotatable bonds is 4. The first-order chi connectivity index (χ1) is 9.90. The molecule has 0 amide bonds. The summed E-state index contributed by atoms with van der Waals surface area (Å²) in [4.78, 5) is 2.39. The second-order valence-electron chi connectivity index (χ2n) is 4.98. The molecule has 5 heteroatoms. The second-order valence-corrected chi connectivity index (χ2v) is 4.98. The van der Waals surface area contributed by atoms with Gasteiger partial charge in [0.25, 0.3) is 0 Å². The predicted molar refractivity (Wildman–Crippen MR) is 80.0 cm³/mol. The first-order valence-electron chi connectivity index (χ1n) is 7.15. The highest BCUT2D eigenvalue weighted by molar-refractivity contribution is 5.90. The molecule has 0 saturated carbocycles. The van der Waals surface area contributed by atoms with Crippen molar-refractivity contribution >= 4 is 16.6 Å². The molecule has 1 aliphatic heterocycles. The van der Waals surface area contributed by atoms with E-state index < -0.39 is 0 Å². The van der Waals surface area contributed by atoms with Crippen LogP contribution in [0.5, 0.6) is 0 Å². The molecule has 106 valence electrons. The number of aromatic nitrogens is 2. The fourth-order valence-corrected chi connectivity index (χ4v) is 2.67. The number of fused-ring (bicyclic) bond motifs is 1. The van der Waals surface area contributed by atoms with Gasteiger partial charge in [-0.2, -0.15) is 10.2 Å². The van der Waals surface area contributed by atoms with Gasteiger partial charge in [0, 0.05) is 18.5 Å². The lowest BCUT2D eigenvalue weighted by Gasteiger charge is -2.37. The average Bonchev–Trinajstić information content (AvgIpc) is 2.53. The van der Waals surface area contributed by atoms with Crippen molar-refractivity contribution in [1.82, 2.24) is 15.5 Å². The van der Waals surface area contributed by atoms with Gasteiger partial charge in [-0.3, -0.25) is 0 Å². The summed E-state index contributed by atoms with van der Waals surface area (Å²) in [5, 5.41) is 12.9. The van der Waals surface area contributed by atoms with Crippen LogP contribution < -0.4 is 10.2 Å². The van der Waals surface area contributed by atoms with Crippen LogP contribution in [0.1, 0.15) is 6.92 Å². The average molecular weight is 272 g/mol. The van der Waals surface area contributed by atoms with E-state index in [9.17, 15) is 0 Å². The molecule has 0 bridgehead atoms. The third-order valence-corrected chi connectivity index (χ3v) is 3.69. The smallest absolute Gasteiger partial charge is 0.0950 e. The highest BCUT2D eigenvalue weighted by Crippen LogP contribution is 2.26. The lowest BCUT2D eigenvalue weighted by molar-refractivity contribution is 0.0940. The van der Waals surface area contributed by atoms with E-state index in [1.807, 2.05) is 24.4 Å². The zero-order valence-corrected chi connectivity index (χ0v) is 11.7. The van der Waals surface area contributed by atoms with Gasteiger partial charge in [0.15, 0.2) is 0 Å². The topological polar surface area (TPSA) is 50.3 Å². The highest BCUT2D eigenvalue weighted by atomic mass is 16.5. The van der Waals surface area contributed by atoms with E-state index in [1.165, 1.54) is 0 Å². The van der Waals surface area contributed by atoms with Crippen molar-refractivity contribution in [2.24, 2.45) is 0 Å². The molecule has 1 aromatic carbocycles. The molecule has 1 atom stereocenters. The van der Waals surface area contributed by atoms with Crippen molar-refractivity contribution in [1.29, 1.82) is 0 Å². The van der Waals surface area contributed by atoms with E-state index >= 15 is 0 Å².